The number of hydrogen-bond acceptors (Lipinski definition) is 6. The Morgan fingerprint density at radius 1 is 1.13 bits per heavy atom. The Morgan fingerprint density at radius 2 is 1.90 bits per heavy atom. The van der Waals surface area contributed by atoms with Crippen LogP contribution in [0.4, 0.5) is 0 Å². The zero-order valence-corrected chi connectivity index (χ0v) is 17.8. The van der Waals surface area contributed by atoms with E-state index in [1.54, 1.807) is 42.3 Å². The number of hydrogen-bond donors (Lipinski definition) is 1. The van der Waals surface area contributed by atoms with Crippen molar-refractivity contribution in [3.8, 4) is 11.5 Å². The molecule has 0 spiro atoms. The highest BCUT2D eigenvalue weighted by molar-refractivity contribution is 5.92. The fraction of sp³-hybridized carbons (Fsp3) is 0.545. The molecule has 2 amide bonds. The molecule has 1 aliphatic heterocycles. The van der Waals surface area contributed by atoms with Gasteiger partial charge in [0.05, 0.1) is 13.3 Å². The first-order valence-electron chi connectivity index (χ1n) is 10.9. The molecule has 1 atom stereocenters. The lowest BCUT2D eigenvalue weighted by Crippen LogP contribution is -2.46. The Balaban J connectivity index is 1.28. The van der Waals surface area contributed by atoms with Crippen molar-refractivity contribution < 1.29 is 19.1 Å². The number of rotatable bonds is 9. The van der Waals surface area contributed by atoms with Gasteiger partial charge in [0.25, 0.3) is 11.8 Å². The number of amides is 2. The monoisotopic (exact) mass is 427 g/mol. The summed E-state index contributed by atoms with van der Waals surface area (Å²) in [6, 6.07) is 7.62. The summed E-state index contributed by atoms with van der Waals surface area (Å²) in [5.41, 5.74) is 0.344. The average molecular weight is 428 g/mol. The van der Waals surface area contributed by atoms with Gasteiger partial charge in [-0.15, -0.1) is 5.10 Å². The third-order valence-corrected chi connectivity index (χ3v) is 5.74. The van der Waals surface area contributed by atoms with Crippen LogP contribution >= 0.6 is 0 Å². The van der Waals surface area contributed by atoms with Crippen molar-refractivity contribution in [2.45, 2.75) is 57.2 Å². The lowest BCUT2D eigenvalue weighted by molar-refractivity contribution is -0.137. The molecule has 1 aliphatic carbocycles. The second kappa shape index (κ2) is 9.80. The molecule has 4 rings (SSSR count). The Labute approximate surface area is 181 Å². The number of likely N-dealkylation sites (tertiary alicyclic amines) is 1. The molecular weight excluding hydrogens is 398 g/mol. The van der Waals surface area contributed by atoms with Gasteiger partial charge in [-0.3, -0.25) is 14.3 Å². The van der Waals surface area contributed by atoms with Crippen molar-refractivity contribution in [2.24, 2.45) is 0 Å². The number of ether oxygens (including phenoxy) is 2. The molecule has 1 aromatic carbocycles. The fourth-order valence-corrected chi connectivity index (χ4v) is 3.81. The molecule has 1 aromatic heterocycles. The highest BCUT2D eigenvalue weighted by atomic mass is 16.5. The van der Waals surface area contributed by atoms with Crippen LogP contribution in [0.5, 0.6) is 11.5 Å². The van der Waals surface area contributed by atoms with Gasteiger partial charge in [-0.2, -0.15) is 0 Å². The van der Waals surface area contributed by atoms with E-state index in [1.807, 2.05) is 4.90 Å². The van der Waals surface area contributed by atoms with Crippen LogP contribution in [0.2, 0.25) is 0 Å². The minimum Gasteiger partial charge on any atom is -0.497 e. The van der Waals surface area contributed by atoms with E-state index in [0.29, 0.717) is 24.0 Å². The number of piperidine rings is 1. The van der Waals surface area contributed by atoms with Crippen LogP contribution in [-0.4, -0.2) is 64.1 Å². The maximum Gasteiger partial charge on any atom is 0.273 e. The van der Waals surface area contributed by atoms with E-state index in [1.165, 1.54) is 0 Å². The maximum atomic E-state index is 12.8. The molecule has 2 aliphatic rings. The minimum atomic E-state index is -0.168. The summed E-state index contributed by atoms with van der Waals surface area (Å²) in [7, 11) is 1.61. The summed E-state index contributed by atoms with van der Waals surface area (Å²) in [4.78, 5) is 26.8. The van der Waals surface area contributed by atoms with Gasteiger partial charge in [0.1, 0.15) is 11.5 Å². The molecule has 166 valence electrons. The number of aromatic nitrogens is 3. The van der Waals surface area contributed by atoms with Crippen molar-refractivity contribution in [3.05, 3.63) is 36.2 Å². The van der Waals surface area contributed by atoms with E-state index in [4.69, 9.17) is 9.47 Å². The molecule has 0 radical (unpaired) electrons. The van der Waals surface area contributed by atoms with Crippen LogP contribution in [0, 0.1) is 0 Å². The topological polar surface area (TPSA) is 98.6 Å². The van der Waals surface area contributed by atoms with Crippen LogP contribution in [0.3, 0.4) is 0 Å². The number of carbonyl (C=O) groups is 2. The zero-order valence-electron chi connectivity index (χ0n) is 17.8. The summed E-state index contributed by atoms with van der Waals surface area (Å²) in [6.45, 7) is 1.36. The van der Waals surface area contributed by atoms with Gasteiger partial charge < -0.3 is 19.7 Å². The lowest BCUT2D eigenvalue weighted by Gasteiger charge is -2.35. The predicted molar refractivity (Wildman–Crippen MR) is 113 cm³/mol. The standard InChI is InChI=1S/C22H29N5O4/c1-30-18-7-9-19(10-8-18)31-15-21(28)27-12-3-2-4-17(27)11-13-26-14-20(24-25-26)22(29)23-16-5-6-16/h7-10,14,16-17H,2-6,11-13,15H2,1H3,(H,23,29). The van der Waals surface area contributed by atoms with Gasteiger partial charge in [0.15, 0.2) is 12.3 Å². The number of methoxy groups -OCH3 is 1. The van der Waals surface area contributed by atoms with Gasteiger partial charge in [-0.1, -0.05) is 5.21 Å². The van der Waals surface area contributed by atoms with Crippen LogP contribution in [0.25, 0.3) is 0 Å². The summed E-state index contributed by atoms with van der Waals surface area (Å²) in [5.74, 6) is 1.21. The quantitative estimate of drug-likeness (QED) is 0.658. The minimum absolute atomic E-state index is 0.0105. The Hall–Kier alpha value is -3.10. The van der Waals surface area contributed by atoms with E-state index in [0.717, 1.165) is 50.8 Å². The maximum absolute atomic E-state index is 12.8. The van der Waals surface area contributed by atoms with Crippen LogP contribution in [0.1, 0.15) is 49.0 Å². The second-order valence-electron chi connectivity index (χ2n) is 8.10. The van der Waals surface area contributed by atoms with Gasteiger partial charge in [-0.25, -0.2) is 0 Å². The van der Waals surface area contributed by atoms with Gasteiger partial charge >= 0.3 is 0 Å². The average Bonchev–Trinajstić information content (AvgIpc) is 3.49. The molecular formula is C22H29N5O4. The Morgan fingerprint density at radius 3 is 2.65 bits per heavy atom. The van der Waals surface area contributed by atoms with Crippen molar-refractivity contribution >= 4 is 11.8 Å². The Bertz CT molecular complexity index is 894. The van der Waals surface area contributed by atoms with E-state index >= 15 is 0 Å². The number of aryl methyl sites for hydroxylation is 1. The SMILES string of the molecule is COc1ccc(OCC(=O)N2CCCCC2CCn2cc(C(=O)NC3CC3)nn2)cc1. The number of nitrogens with zero attached hydrogens (tertiary/aromatic N) is 4. The largest absolute Gasteiger partial charge is 0.497 e. The normalized spacial score (nSPS) is 18.5. The highest BCUT2D eigenvalue weighted by Crippen LogP contribution is 2.22. The van der Waals surface area contributed by atoms with Crippen LogP contribution in [0.15, 0.2) is 30.5 Å². The van der Waals surface area contributed by atoms with Gasteiger partial charge in [0, 0.05) is 25.2 Å². The van der Waals surface area contributed by atoms with E-state index in [9.17, 15) is 9.59 Å². The summed E-state index contributed by atoms with van der Waals surface area (Å²) in [6.07, 6.45) is 7.57. The number of carbonyl (C=O) groups excluding carboxylic acids is 2. The molecule has 9 nitrogen and oxygen atoms in total. The molecule has 1 N–H and O–H groups in total. The van der Waals surface area contributed by atoms with Gasteiger partial charge in [-0.05, 0) is 62.8 Å². The third kappa shape index (κ3) is 5.74. The highest BCUT2D eigenvalue weighted by Gasteiger charge is 2.27. The molecule has 1 saturated heterocycles. The van der Waals surface area contributed by atoms with E-state index < -0.39 is 0 Å². The van der Waals surface area contributed by atoms with E-state index in [-0.39, 0.29) is 24.5 Å². The molecule has 31 heavy (non-hydrogen) atoms. The van der Waals surface area contributed by atoms with E-state index in [2.05, 4.69) is 15.6 Å². The smallest absolute Gasteiger partial charge is 0.273 e. The van der Waals surface area contributed by atoms with Gasteiger partial charge in [0.2, 0.25) is 0 Å². The summed E-state index contributed by atoms with van der Waals surface area (Å²) in [5, 5.41) is 11.0. The van der Waals surface area contributed by atoms with Crippen molar-refractivity contribution in [3.63, 3.8) is 0 Å². The van der Waals surface area contributed by atoms with Crippen LogP contribution < -0.4 is 14.8 Å². The van der Waals surface area contributed by atoms with Crippen molar-refractivity contribution in [1.82, 2.24) is 25.2 Å². The molecule has 2 fully saturated rings. The molecule has 1 saturated carbocycles. The zero-order chi connectivity index (χ0) is 21.6. The first-order chi connectivity index (χ1) is 15.1. The fourth-order valence-electron chi connectivity index (χ4n) is 3.81. The Kier molecular flexibility index (Phi) is 6.69. The second-order valence-corrected chi connectivity index (χ2v) is 8.10. The molecule has 0 bridgehead atoms. The van der Waals surface area contributed by atoms with Crippen LogP contribution in [-0.2, 0) is 11.3 Å². The number of nitrogens with one attached hydrogen (secondary N) is 1. The number of benzene rings is 1. The third-order valence-electron chi connectivity index (χ3n) is 5.74. The molecule has 2 aromatic rings. The first kappa shape index (κ1) is 21.1. The first-order valence-corrected chi connectivity index (χ1v) is 10.9. The van der Waals surface area contributed by atoms with Crippen molar-refractivity contribution in [2.75, 3.05) is 20.3 Å². The predicted octanol–water partition coefficient (Wildman–Crippen LogP) is 2.03. The summed E-state index contributed by atoms with van der Waals surface area (Å²) >= 11 is 0. The summed E-state index contributed by atoms with van der Waals surface area (Å²) < 4.78 is 12.5. The molecule has 2 heterocycles. The lowest BCUT2D eigenvalue weighted by atomic mass is 9.99. The molecule has 9 heteroatoms. The molecule has 1 unspecified atom stereocenters. The van der Waals surface area contributed by atoms with Crippen molar-refractivity contribution in [1.29, 1.82) is 0 Å².